The Morgan fingerprint density at radius 3 is 2.71 bits per heavy atom. The second kappa shape index (κ2) is 5.20. The number of amides is 2. The smallest absolute Gasteiger partial charge is 0.335 e. The van der Waals surface area contributed by atoms with Gasteiger partial charge < -0.3 is 15.3 Å². The van der Waals surface area contributed by atoms with Crippen LogP contribution in [0.15, 0.2) is 18.2 Å². The Bertz CT molecular complexity index is 626. The van der Waals surface area contributed by atoms with Gasteiger partial charge in [-0.1, -0.05) is 6.07 Å². The second-order valence-electron chi connectivity index (χ2n) is 5.46. The van der Waals surface area contributed by atoms with Gasteiger partial charge in [0.05, 0.1) is 5.56 Å². The molecule has 21 heavy (non-hydrogen) atoms. The summed E-state index contributed by atoms with van der Waals surface area (Å²) in [5.41, 5.74) is 2.19. The Hall–Kier alpha value is -2.37. The van der Waals surface area contributed by atoms with E-state index in [-0.39, 0.29) is 17.4 Å². The van der Waals surface area contributed by atoms with Crippen molar-refractivity contribution in [2.24, 2.45) is 0 Å². The molecule has 6 nitrogen and oxygen atoms in total. The maximum atomic E-state index is 12.4. The van der Waals surface area contributed by atoms with Gasteiger partial charge in [0.1, 0.15) is 6.04 Å². The van der Waals surface area contributed by atoms with E-state index in [0.717, 1.165) is 11.1 Å². The average molecular weight is 288 g/mol. The largest absolute Gasteiger partial charge is 0.478 e. The number of carboxylic acid groups (broad SMARTS) is 1. The Morgan fingerprint density at radius 1 is 1.24 bits per heavy atom. The van der Waals surface area contributed by atoms with E-state index >= 15 is 0 Å². The van der Waals surface area contributed by atoms with E-state index in [2.05, 4.69) is 5.32 Å². The van der Waals surface area contributed by atoms with Gasteiger partial charge in [-0.2, -0.15) is 0 Å². The van der Waals surface area contributed by atoms with Crippen LogP contribution < -0.4 is 5.32 Å². The molecule has 0 radical (unpaired) electrons. The molecule has 6 heteroatoms. The van der Waals surface area contributed by atoms with Gasteiger partial charge in [-0.25, -0.2) is 4.79 Å². The molecule has 3 rings (SSSR count). The van der Waals surface area contributed by atoms with Crippen molar-refractivity contribution in [1.82, 2.24) is 10.2 Å². The van der Waals surface area contributed by atoms with Gasteiger partial charge >= 0.3 is 5.97 Å². The summed E-state index contributed by atoms with van der Waals surface area (Å²) in [6.07, 6.45) is 1.64. The summed E-state index contributed by atoms with van der Waals surface area (Å²) in [7, 11) is 0. The van der Waals surface area contributed by atoms with Crippen LogP contribution in [0.1, 0.15) is 34.3 Å². The minimum absolute atomic E-state index is 0.0766. The number of hydrogen-bond donors (Lipinski definition) is 2. The van der Waals surface area contributed by atoms with E-state index in [1.165, 1.54) is 0 Å². The Morgan fingerprint density at radius 2 is 2.05 bits per heavy atom. The molecule has 2 amide bonds. The summed E-state index contributed by atoms with van der Waals surface area (Å²) in [4.78, 5) is 36.3. The monoisotopic (exact) mass is 288 g/mol. The minimum Gasteiger partial charge on any atom is -0.478 e. The van der Waals surface area contributed by atoms with E-state index in [0.29, 0.717) is 32.4 Å². The van der Waals surface area contributed by atoms with E-state index in [4.69, 9.17) is 5.11 Å². The zero-order chi connectivity index (χ0) is 15.0. The molecule has 0 aromatic heterocycles. The number of fused-ring (bicyclic) bond motifs is 1. The SMILES string of the molecule is O=C1CC[C@@H](C(=O)N2CCc3ccc(C(=O)O)cc3C2)N1. The van der Waals surface area contributed by atoms with Crippen LogP contribution in [0.4, 0.5) is 0 Å². The number of carboxylic acids is 1. The Labute approximate surface area is 121 Å². The molecule has 0 aliphatic carbocycles. The predicted octanol–water partition coefficient (Wildman–Crippen LogP) is 0.548. The third kappa shape index (κ3) is 2.61. The Kier molecular flexibility index (Phi) is 3.37. The molecule has 2 aliphatic rings. The van der Waals surface area contributed by atoms with Crippen molar-refractivity contribution < 1.29 is 19.5 Å². The highest BCUT2D eigenvalue weighted by Crippen LogP contribution is 2.22. The molecule has 1 saturated heterocycles. The number of aromatic carboxylic acids is 1. The van der Waals surface area contributed by atoms with E-state index in [1.54, 1.807) is 17.0 Å². The van der Waals surface area contributed by atoms with Crippen LogP contribution in [0, 0.1) is 0 Å². The van der Waals surface area contributed by atoms with Crippen molar-refractivity contribution in [2.45, 2.75) is 31.8 Å². The van der Waals surface area contributed by atoms with Gasteiger partial charge in [-0.3, -0.25) is 9.59 Å². The van der Waals surface area contributed by atoms with Gasteiger partial charge in [0.15, 0.2) is 0 Å². The fourth-order valence-electron chi connectivity index (χ4n) is 2.90. The lowest BCUT2D eigenvalue weighted by Gasteiger charge is -2.31. The molecule has 1 fully saturated rings. The van der Waals surface area contributed by atoms with Crippen LogP contribution in [-0.2, 0) is 22.6 Å². The van der Waals surface area contributed by atoms with Gasteiger partial charge in [-0.15, -0.1) is 0 Å². The molecule has 2 aliphatic heterocycles. The average Bonchev–Trinajstić information content (AvgIpc) is 2.91. The summed E-state index contributed by atoms with van der Waals surface area (Å²) >= 11 is 0. The third-order valence-electron chi connectivity index (χ3n) is 4.07. The third-order valence-corrected chi connectivity index (χ3v) is 4.07. The molecule has 110 valence electrons. The maximum absolute atomic E-state index is 12.4. The first-order valence-electron chi connectivity index (χ1n) is 6.98. The first-order valence-corrected chi connectivity index (χ1v) is 6.98. The lowest BCUT2D eigenvalue weighted by Crippen LogP contribution is -2.46. The summed E-state index contributed by atoms with van der Waals surface area (Å²) in [5, 5.41) is 11.7. The van der Waals surface area contributed by atoms with Crippen molar-refractivity contribution >= 4 is 17.8 Å². The molecule has 2 heterocycles. The van der Waals surface area contributed by atoms with E-state index in [9.17, 15) is 14.4 Å². The highest BCUT2D eigenvalue weighted by Gasteiger charge is 2.32. The van der Waals surface area contributed by atoms with Gasteiger partial charge in [0.2, 0.25) is 11.8 Å². The highest BCUT2D eigenvalue weighted by atomic mass is 16.4. The number of rotatable bonds is 2. The van der Waals surface area contributed by atoms with Gasteiger partial charge in [0, 0.05) is 19.5 Å². The Balaban J connectivity index is 1.77. The molecule has 2 N–H and O–H groups in total. The molecule has 1 aromatic carbocycles. The molecule has 0 spiro atoms. The fraction of sp³-hybridized carbons (Fsp3) is 0.400. The zero-order valence-electron chi connectivity index (χ0n) is 11.5. The molecule has 0 unspecified atom stereocenters. The lowest BCUT2D eigenvalue weighted by molar-refractivity contribution is -0.135. The van der Waals surface area contributed by atoms with Crippen molar-refractivity contribution in [2.75, 3.05) is 6.54 Å². The van der Waals surface area contributed by atoms with Crippen LogP contribution >= 0.6 is 0 Å². The van der Waals surface area contributed by atoms with Gasteiger partial charge in [0.25, 0.3) is 0 Å². The highest BCUT2D eigenvalue weighted by molar-refractivity contribution is 5.91. The first-order chi connectivity index (χ1) is 10.0. The predicted molar refractivity (Wildman–Crippen MR) is 73.7 cm³/mol. The number of carbonyl (C=O) groups excluding carboxylic acids is 2. The fourth-order valence-corrected chi connectivity index (χ4v) is 2.90. The van der Waals surface area contributed by atoms with Crippen molar-refractivity contribution in [3.63, 3.8) is 0 Å². The van der Waals surface area contributed by atoms with Crippen LogP contribution in [0.3, 0.4) is 0 Å². The van der Waals surface area contributed by atoms with Crippen LogP contribution in [0.5, 0.6) is 0 Å². The van der Waals surface area contributed by atoms with Crippen molar-refractivity contribution in [1.29, 1.82) is 0 Å². The molecule has 1 aromatic rings. The standard InChI is InChI=1S/C15H16N2O4/c18-13-4-3-12(16-13)14(19)17-6-5-9-1-2-10(15(20)21)7-11(9)8-17/h1-2,7,12H,3-6,8H2,(H,16,18)(H,20,21)/t12-/m0/s1. The number of nitrogens with one attached hydrogen (secondary N) is 1. The molecule has 1 atom stereocenters. The summed E-state index contributed by atoms with van der Waals surface area (Å²) in [6.45, 7) is 1.01. The number of hydrogen-bond acceptors (Lipinski definition) is 3. The van der Waals surface area contributed by atoms with Crippen molar-refractivity contribution in [3.05, 3.63) is 34.9 Å². The first kappa shape index (κ1) is 13.6. The number of carbonyl (C=O) groups is 3. The van der Waals surface area contributed by atoms with E-state index < -0.39 is 12.0 Å². The summed E-state index contributed by atoms with van der Waals surface area (Å²) < 4.78 is 0. The quantitative estimate of drug-likeness (QED) is 0.832. The maximum Gasteiger partial charge on any atom is 0.335 e. The van der Waals surface area contributed by atoms with E-state index in [1.807, 2.05) is 6.07 Å². The lowest BCUT2D eigenvalue weighted by atomic mass is 9.97. The zero-order valence-corrected chi connectivity index (χ0v) is 11.5. The molecular formula is C15H16N2O4. The summed E-state index contributed by atoms with van der Waals surface area (Å²) in [6, 6.07) is 4.61. The van der Waals surface area contributed by atoms with Crippen molar-refractivity contribution in [3.8, 4) is 0 Å². The van der Waals surface area contributed by atoms with Crippen LogP contribution in [-0.4, -0.2) is 40.4 Å². The number of benzene rings is 1. The number of nitrogens with zero attached hydrogens (tertiary/aromatic N) is 1. The normalized spacial score (nSPS) is 20.9. The van der Waals surface area contributed by atoms with Crippen LogP contribution in [0.2, 0.25) is 0 Å². The topological polar surface area (TPSA) is 86.7 Å². The summed E-state index contributed by atoms with van der Waals surface area (Å²) in [5.74, 6) is -1.13. The molecule has 0 saturated carbocycles. The van der Waals surface area contributed by atoms with Gasteiger partial charge in [-0.05, 0) is 36.1 Å². The second-order valence-corrected chi connectivity index (χ2v) is 5.46. The molecular weight excluding hydrogens is 272 g/mol. The molecule has 0 bridgehead atoms. The van der Waals surface area contributed by atoms with Crippen LogP contribution in [0.25, 0.3) is 0 Å². The minimum atomic E-state index is -0.968.